The lowest BCUT2D eigenvalue weighted by Gasteiger charge is -2.33. The fourth-order valence-corrected chi connectivity index (χ4v) is 3.52. The minimum atomic E-state index is 0.277. The molecule has 0 atom stereocenters. The smallest absolute Gasteiger partial charge is 0.223 e. The van der Waals surface area contributed by atoms with Gasteiger partial charge < -0.3 is 10.2 Å². The van der Waals surface area contributed by atoms with Gasteiger partial charge in [-0.3, -0.25) is 4.79 Å². The van der Waals surface area contributed by atoms with E-state index < -0.39 is 0 Å². The van der Waals surface area contributed by atoms with Crippen molar-refractivity contribution >= 4 is 22.6 Å². The Morgan fingerprint density at radius 3 is 2.65 bits per heavy atom. The van der Waals surface area contributed by atoms with Gasteiger partial charge in [-0.2, -0.15) is 4.37 Å². The third kappa shape index (κ3) is 2.95. The number of aromatic nitrogens is 2. The number of amides is 1. The van der Waals surface area contributed by atoms with Gasteiger partial charge in [-0.05, 0) is 25.7 Å². The number of nitrogens with one attached hydrogen (secondary N) is 1. The monoisotopic (exact) mass is 294 g/mol. The Bertz CT molecular complexity index is 463. The molecule has 20 heavy (non-hydrogen) atoms. The van der Waals surface area contributed by atoms with Gasteiger partial charge in [0.1, 0.15) is 5.82 Å². The minimum absolute atomic E-state index is 0.277. The molecule has 0 bridgehead atoms. The SMILES string of the molecule is CCc1nsc(N2CCC(NC(=O)C3CCC3)CC2)n1. The average molecular weight is 294 g/mol. The average Bonchev–Trinajstić information content (AvgIpc) is 2.86. The van der Waals surface area contributed by atoms with Gasteiger partial charge in [0.15, 0.2) is 0 Å². The zero-order valence-electron chi connectivity index (χ0n) is 12.0. The summed E-state index contributed by atoms with van der Waals surface area (Å²) in [5.74, 6) is 1.51. The first-order chi connectivity index (χ1) is 9.76. The molecular formula is C14H22N4OS. The molecule has 0 aromatic carbocycles. The first kappa shape index (κ1) is 13.8. The minimum Gasteiger partial charge on any atom is -0.353 e. The van der Waals surface area contributed by atoms with Crippen molar-refractivity contribution in [1.82, 2.24) is 14.7 Å². The van der Waals surface area contributed by atoms with Crippen LogP contribution >= 0.6 is 11.5 Å². The quantitative estimate of drug-likeness (QED) is 0.922. The van der Waals surface area contributed by atoms with E-state index in [1.807, 2.05) is 0 Å². The fourth-order valence-electron chi connectivity index (χ4n) is 2.72. The molecule has 2 fully saturated rings. The molecule has 0 radical (unpaired) electrons. The molecule has 1 saturated heterocycles. The maximum absolute atomic E-state index is 11.9. The number of aryl methyl sites for hydroxylation is 1. The van der Waals surface area contributed by atoms with Crippen LogP contribution in [0.25, 0.3) is 0 Å². The molecule has 1 aliphatic heterocycles. The molecule has 5 nitrogen and oxygen atoms in total. The highest BCUT2D eigenvalue weighted by Gasteiger charge is 2.28. The van der Waals surface area contributed by atoms with Crippen LogP contribution in [0, 0.1) is 5.92 Å². The Hall–Kier alpha value is -1.17. The Balaban J connectivity index is 1.47. The van der Waals surface area contributed by atoms with E-state index in [0.717, 1.165) is 56.1 Å². The van der Waals surface area contributed by atoms with Gasteiger partial charge in [0.2, 0.25) is 11.0 Å². The summed E-state index contributed by atoms with van der Waals surface area (Å²) in [7, 11) is 0. The van der Waals surface area contributed by atoms with E-state index in [0.29, 0.717) is 12.0 Å². The zero-order chi connectivity index (χ0) is 13.9. The van der Waals surface area contributed by atoms with E-state index in [2.05, 4.69) is 26.5 Å². The van der Waals surface area contributed by atoms with E-state index in [1.54, 1.807) is 0 Å². The standard InChI is InChI=1S/C14H22N4OS/c1-2-12-16-14(20-17-12)18-8-6-11(7-9-18)15-13(19)10-4-3-5-10/h10-11H,2-9H2,1H3,(H,15,19). The highest BCUT2D eigenvalue weighted by molar-refractivity contribution is 7.09. The number of piperidine rings is 1. The number of hydrogen-bond donors (Lipinski definition) is 1. The van der Waals surface area contributed by atoms with Crippen molar-refractivity contribution in [3.8, 4) is 0 Å². The van der Waals surface area contributed by atoms with Crippen molar-refractivity contribution in [2.24, 2.45) is 5.92 Å². The van der Waals surface area contributed by atoms with Crippen molar-refractivity contribution < 1.29 is 4.79 Å². The number of carbonyl (C=O) groups excluding carboxylic acids is 1. The summed E-state index contributed by atoms with van der Waals surface area (Å²) in [5, 5.41) is 4.24. The van der Waals surface area contributed by atoms with Gasteiger partial charge in [0.05, 0.1) is 0 Å². The normalized spacial score (nSPS) is 20.8. The van der Waals surface area contributed by atoms with Crippen molar-refractivity contribution in [1.29, 1.82) is 0 Å². The molecule has 1 aromatic heterocycles. The Labute approximate surface area is 123 Å². The van der Waals surface area contributed by atoms with E-state index in [9.17, 15) is 4.79 Å². The second kappa shape index (κ2) is 6.08. The maximum Gasteiger partial charge on any atom is 0.223 e. The van der Waals surface area contributed by atoms with Gasteiger partial charge in [0.25, 0.3) is 0 Å². The lowest BCUT2D eigenvalue weighted by atomic mass is 9.84. The molecule has 1 amide bonds. The lowest BCUT2D eigenvalue weighted by Crippen LogP contribution is -2.47. The van der Waals surface area contributed by atoms with Crippen molar-refractivity contribution in [2.45, 2.75) is 51.5 Å². The maximum atomic E-state index is 11.9. The van der Waals surface area contributed by atoms with Crippen LogP contribution in [0.15, 0.2) is 0 Å². The summed E-state index contributed by atoms with van der Waals surface area (Å²) in [6.07, 6.45) is 6.29. The molecule has 1 N–H and O–H groups in total. The van der Waals surface area contributed by atoms with Gasteiger partial charge in [-0.1, -0.05) is 13.3 Å². The van der Waals surface area contributed by atoms with Crippen molar-refractivity contribution in [2.75, 3.05) is 18.0 Å². The van der Waals surface area contributed by atoms with Gasteiger partial charge >= 0.3 is 0 Å². The Morgan fingerprint density at radius 2 is 2.10 bits per heavy atom. The topological polar surface area (TPSA) is 58.1 Å². The molecule has 3 rings (SSSR count). The van der Waals surface area contributed by atoms with E-state index >= 15 is 0 Å². The third-order valence-electron chi connectivity index (χ3n) is 4.36. The van der Waals surface area contributed by atoms with E-state index in [-0.39, 0.29) is 5.91 Å². The lowest BCUT2D eigenvalue weighted by molar-refractivity contribution is -0.128. The van der Waals surface area contributed by atoms with Crippen LogP contribution in [0.2, 0.25) is 0 Å². The molecule has 1 aromatic rings. The highest BCUT2D eigenvalue weighted by atomic mass is 32.1. The van der Waals surface area contributed by atoms with Crippen molar-refractivity contribution in [3.05, 3.63) is 5.82 Å². The van der Waals surface area contributed by atoms with Gasteiger partial charge in [0, 0.05) is 43.0 Å². The summed E-state index contributed by atoms with van der Waals surface area (Å²) < 4.78 is 4.34. The number of carbonyl (C=O) groups is 1. The molecule has 0 unspecified atom stereocenters. The van der Waals surface area contributed by atoms with Crippen LogP contribution in [-0.4, -0.2) is 34.4 Å². The second-order valence-corrected chi connectivity index (χ2v) is 6.47. The predicted octanol–water partition coefficient (Wildman–Crippen LogP) is 1.99. The summed E-state index contributed by atoms with van der Waals surface area (Å²) in [4.78, 5) is 18.8. The molecule has 1 aliphatic carbocycles. The number of anilines is 1. The molecule has 2 heterocycles. The van der Waals surface area contributed by atoms with Crippen LogP contribution in [0.3, 0.4) is 0 Å². The van der Waals surface area contributed by atoms with E-state index in [4.69, 9.17) is 0 Å². The van der Waals surface area contributed by atoms with Crippen LogP contribution in [-0.2, 0) is 11.2 Å². The Morgan fingerprint density at radius 1 is 1.35 bits per heavy atom. The largest absolute Gasteiger partial charge is 0.353 e. The number of nitrogens with zero attached hydrogens (tertiary/aromatic N) is 3. The number of hydrogen-bond acceptors (Lipinski definition) is 5. The van der Waals surface area contributed by atoms with Gasteiger partial charge in [-0.25, -0.2) is 4.98 Å². The van der Waals surface area contributed by atoms with Crippen LogP contribution < -0.4 is 10.2 Å². The van der Waals surface area contributed by atoms with Crippen LogP contribution in [0.4, 0.5) is 5.13 Å². The zero-order valence-corrected chi connectivity index (χ0v) is 12.8. The summed E-state index contributed by atoms with van der Waals surface area (Å²) in [6.45, 7) is 4.01. The molecule has 1 saturated carbocycles. The highest BCUT2D eigenvalue weighted by Crippen LogP contribution is 2.27. The predicted molar refractivity (Wildman–Crippen MR) is 80.0 cm³/mol. The summed E-state index contributed by atoms with van der Waals surface area (Å²) in [5.41, 5.74) is 0. The third-order valence-corrected chi connectivity index (χ3v) is 5.18. The van der Waals surface area contributed by atoms with Crippen LogP contribution in [0.5, 0.6) is 0 Å². The first-order valence-corrected chi connectivity index (χ1v) is 8.41. The Kier molecular flexibility index (Phi) is 4.19. The van der Waals surface area contributed by atoms with Crippen molar-refractivity contribution in [3.63, 3.8) is 0 Å². The molecular weight excluding hydrogens is 272 g/mol. The molecule has 2 aliphatic rings. The molecule has 110 valence electrons. The van der Waals surface area contributed by atoms with E-state index in [1.165, 1.54) is 18.0 Å². The van der Waals surface area contributed by atoms with Gasteiger partial charge in [-0.15, -0.1) is 0 Å². The summed E-state index contributed by atoms with van der Waals surface area (Å²) >= 11 is 1.49. The van der Waals surface area contributed by atoms with Crippen LogP contribution in [0.1, 0.15) is 44.9 Å². The summed E-state index contributed by atoms with van der Waals surface area (Å²) in [6, 6.07) is 0.345. The first-order valence-electron chi connectivity index (χ1n) is 7.64. The fraction of sp³-hybridized carbons (Fsp3) is 0.786. The number of rotatable bonds is 4. The molecule has 0 spiro atoms. The second-order valence-electron chi connectivity index (χ2n) is 5.74. The molecule has 6 heteroatoms.